The fourth-order valence-corrected chi connectivity index (χ4v) is 1.59. The second-order valence-electron chi connectivity index (χ2n) is 3.36. The Hall–Kier alpha value is -0.630. The van der Waals surface area contributed by atoms with Crippen LogP contribution in [0, 0.1) is 0 Å². The molecule has 68 valence electrons. The smallest absolute Gasteiger partial charge is 0.155 e. The lowest BCUT2D eigenvalue weighted by Gasteiger charge is -2.22. The van der Waals surface area contributed by atoms with E-state index in [0.717, 1.165) is 13.0 Å². The molecule has 0 saturated carbocycles. The largest absolute Gasteiger partial charge is 0.314 e. The molecule has 2 nitrogen and oxygen atoms in total. The third kappa shape index (κ3) is 3.18. The summed E-state index contributed by atoms with van der Waals surface area (Å²) in [6.45, 7) is 4.57. The van der Waals surface area contributed by atoms with E-state index in [-0.39, 0.29) is 5.78 Å². The minimum Gasteiger partial charge on any atom is -0.314 e. The summed E-state index contributed by atoms with van der Waals surface area (Å²) in [5.41, 5.74) is 0. The number of carbonyl (C=O) groups excluding carboxylic acids is 1. The van der Waals surface area contributed by atoms with Gasteiger partial charge in [-0.25, -0.2) is 0 Å². The van der Waals surface area contributed by atoms with Crippen LogP contribution in [-0.2, 0) is 4.79 Å². The number of hydrogen-bond donors (Lipinski definition) is 1. The molecule has 2 heteroatoms. The van der Waals surface area contributed by atoms with Crippen molar-refractivity contribution in [3.05, 3.63) is 12.7 Å². The Morgan fingerprint density at radius 3 is 3.00 bits per heavy atom. The van der Waals surface area contributed by atoms with Crippen LogP contribution in [0.1, 0.15) is 32.1 Å². The maximum Gasteiger partial charge on any atom is 0.155 e. The summed E-state index contributed by atoms with van der Waals surface area (Å²) in [5.74, 6) is 0.169. The van der Waals surface area contributed by atoms with Crippen LogP contribution in [0.4, 0.5) is 0 Å². The highest BCUT2D eigenvalue weighted by Gasteiger charge is 2.12. The maximum absolute atomic E-state index is 10.9. The molecular weight excluding hydrogens is 150 g/mol. The zero-order chi connectivity index (χ0) is 8.81. The van der Waals surface area contributed by atoms with Gasteiger partial charge in [0.05, 0.1) is 0 Å². The van der Waals surface area contributed by atoms with E-state index in [4.69, 9.17) is 0 Å². The molecule has 0 aliphatic carbocycles. The van der Waals surface area contributed by atoms with E-state index in [0.29, 0.717) is 12.5 Å². The van der Waals surface area contributed by atoms with E-state index in [1.165, 1.54) is 25.3 Å². The van der Waals surface area contributed by atoms with Gasteiger partial charge in [-0.05, 0) is 31.9 Å². The lowest BCUT2D eigenvalue weighted by Crippen LogP contribution is -2.34. The average molecular weight is 167 g/mol. The quantitative estimate of drug-likeness (QED) is 0.645. The normalized spacial score (nSPS) is 23.5. The van der Waals surface area contributed by atoms with E-state index >= 15 is 0 Å². The number of nitrogens with one attached hydrogen (secondary N) is 1. The van der Waals surface area contributed by atoms with Crippen LogP contribution in [0.5, 0.6) is 0 Å². The molecule has 0 aromatic rings. The fourth-order valence-electron chi connectivity index (χ4n) is 1.59. The molecule has 1 rings (SSSR count). The minimum atomic E-state index is 0.169. The Balaban J connectivity index is 2.12. The molecule has 1 atom stereocenters. The standard InChI is InChI=1S/C10H17NO/c1-2-10(12)7-6-9-5-3-4-8-11-9/h2,9,11H,1,3-8H2. The fraction of sp³-hybridized carbons (Fsp3) is 0.700. The number of carbonyl (C=O) groups is 1. The van der Waals surface area contributed by atoms with Gasteiger partial charge in [0.2, 0.25) is 0 Å². The molecule has 0 bridgehead atoms. The molecule has 0 aromatic carbocycles. The molecule has 1 heterocycles. The maximum atomic E-state index is 10.9. The molecular formula is C10H17NO. The highest BCUT2D eigenvalue weighted by Crippen LogP contribution is 2.11. The predicted octanol–water partition coefficient (Wildman–Crippen LogP) is 1.66. The molecule has 0 spiro atoms. The zero-order valence-electron chi connectivity index (χ0n) is 7.51. The first-order valence-corrected chi connectivity index (χ1v) is 4.71. The number of hydrogen-bond acceptors (Lipinski definition) is 2. The van der Waals surface area contributed by atoms with E-state index in [1.807, 2.05) is 0 Å². The van der Waals surface area contributed by atoms with Crippen molar-refractivity contribution in [1.29, 1.82) is 0 Å². The van der Waals surface area contributed by atoms with Crippen LogP contribution in [0.2, 0.25) is 0 Å². The molecule has 1 fully saturated rings. The first-order chi connectivity index (χ1) is 5.83. The van der Waals surface area contributed by atoms with Gasteiger partial charge in [-0.15, -0.1) is 0 Å². The molecule has 0 amide bonds. The first-order valence-electron chi connectivity index (χ1n) is 4.71. The van der Waals surface area contributed by atoms with E-state index < -0.39 is 0 Å². The van der Waals surface area contributed by atoms with Crippen LogP contribution in [0.3, 0.4) is 0 Å². The molecule has 1 N–H and O–H groups in total. The number of rotatable bonds is 4. The van der Waals surface area contributed by atoms with Gasteiger partial charge in [0, 0.05) is 12.5 Å². The van der Waals surface area contributed by atoms with Gasteiger partial charge in [0.15, 0.2) is 5.78 Å². The Labute approximate surface area is 74.0 Å². The summed E-state index contributed by atoms with van der Waals surface area (Å²) in [6, 6.07) is 0.572. The topological polar surface area (TPSA) is 29.1 Å². The number of allylic oxidation sites excluding steroid dienone is 1. The van der Waals surface area contributed by atoms with Crippen molar-refractivity contribution in [2.24, 2.45) is 0 Å². The molecule has 0 aromatic heterocycles. The van der Waals surface area contributed by atoms with Crippen LogP contribution in [-0.4, -0.2) is 18.4 Å². The lowest BCUT2D eigenvalue weighted by molar-refractivity contribution is -0.114. The summed E-state index contributed by atoms with van der Waals surface area (Å²) < 4.78 is 0. The lowest BCUT2D eigenvalue weighted by atomic mass is 9.99. The van der Waals surface area contributed by atoms with Crippen molar-refractivity contribution in [3.63, 3.8) is 0 Å². The second-order valence-corrected chi connectivity index (χ2v) is 3.36. The molecule has 1 saturated heterocycles. The van der Waals surface area contributed by atoms with Gasteiger partial charge < -0.3 is 5.32 Å². The molecule has 1 unspecified atom stereocenters. The Bertz CT molecular complexity index is 159. The van der Waals surface area contributed by atoms with Gasteiger partial charge in [0.1, 0.15) is 0 Å². The van der Waals surface area contributed by atoms with Crippen LogP contribution >= 0.6 is 0 Å². The Morgan fingerprint density at radius 2 is 2.42 bits per heavy atom. The SMILES string of the molecule is C=CC(=O)CCC1CCCCN1. The van der Waals surface area contributed by atoms with Gasteiger partial charge >= 0.3 is 0 Å². The molecule has 1 aliphatic rings. The van der Waals surface area contributed by atoms with Crippen molar-refractivity contribution < 1.29 is 4.79 Å². The highest BCUT2D eigenvalue weighted by molar-refractivity contribution is 5.88. The molecule has 1 aliphatic heterocycles. The number of ketones is 1. The van der Waals surface area contributed by atoms with Gasteiger partial charge in [0.25, 0.3) is 0 Å². The Kier molecular flexibility index (Phi) is 4.01. The van der Waals surface area contributed by atoms with Crippen LogP contribution in [0.25, 0.3) is 0 Å². The average Bonchev–Trinajstić information content (AvgIpc) is 2.16. The molecule has 0 radical (unpaired) electrons. The van der Waals surface area contributed by atoms with Crippen molar-refractivity contribution in [2.45, 2.75) is 38.1 Å². The molecule has 12 heavy (non-hydrogen) atoms. The minimum absolute atomic E-state index is 0.169. The van der Waals surface area contributed by atoms with Crippen LogP contribution in [0.15, 0.2) is 12.7 Å². The summed E-state index contributed by atoms with van der Waals surface area (Å²) in [6.07, 6.45) is 6.87. The van der Waals surface area contributed by atoms with Crippen molar-refractivity contribution >= 4 is 5.78 Å². The monoisotopic (exact) mass is 167 g/mol. The van der Waals surface area contributed by atoms with E-state index in [9.17, 15) is 4.79 Å². The van der Waals surface area contributed by atoms with Gasteiger partial charge in [-0.2, -0.15) is 0 Å². The summed E-state index contributed by atoms with van der Waals surface area (Å²) in [4.78, 5) is 10.9. The van der Waals surface area contributed by atoms with Gasteiger partial charge in [-0.3, -0.25) is 4.79 Å². The third-order valence-corrected chi connectivity index (χ3v) is 2.38. The van der Waals surface area contributed by atoms with Crippen molar-refractivity contribution in [2.75, 3.05) is 6.54 Å². The zero-order valence-corrected chi connectivity index (χ0v) is 7.51. The van der Waals surface area contributed by atoms with Crippen LogP contribution < -0.4 is 5.32 Å². The van der Waals surface area contributed by atoms with Crippen molar-refractivity contribution in [1.82, 2.24) is 5.32 Å². The first kappa shape index (κ1) is 9.46. The van der Waals surface area contributed by atoms with E-state index in [1.54, 1.807) is 0 Å². The third-order valence-electron chi connectivity index (χ3n) is 2.38. The number of piperidine rings is 1. The Morgan fingerprint density at radius 1 is 1.58 bits per heavy atom. The highest BCUT2D eigenvalue weighted by atomic mass is 16.1. The summed E-state index contributed by atoms with van der Waals surface area (Å²) in [7, 11) is 0. The summed E-state index contributed by atoms with van der Waals surface area (Å²) >= 11 is 0. The van der Waals surface area contributed by atoms with Gasteiger partial charge in [-0.1, -0.05) is 13.0 Å². The van der Waals surface area contributed by atoms with E-state index in [2.05, 4.69) is 11.9 Å². The summed E-state index contributed by atoms with van der Waals surface area (Å²) in [5, 5.41) is 3.41. The predicted molar refractivity (Wildman–Crippen MR) is 50.1 cm³/mol. The second kappa shape index (κ2) is 5.09. The van der Waals surface area contributed by atoms with Crippen molar-refractivity contribution in [3.8, 4) is 0 Å².